The average Bonchev–Trinajstić information content (AvgIpc) is 3.38. The zero-order chi connectivity index (χ0) is 27.9. The van der Waals surface area contributed by atoms with Crippen molar-refractivity contribution in [2.45, 2.75) is 49.9 Å². The summed E-state index contributed by atoms with van der Waals surface area (Å²) in [4.78, 5) is 25.4. The number of halogens is 4. The molecule has 14 heteroatoms. The van der Waals surface area contributed by atoms with Crippen molar-refractivity contribution in [3.05, 3.63) is 15.3 Å². The van der Waals surface area contributed by atoms with Crippen molar-refractivity contribution >= 4 is 50.3 Å². The Labute approximate surface area is 237 Å². The second-order valence-electron chi connectivity index (χ2n) is 10.3. The van der Waals surface area contributed by atoms with Crippen LogP contribution < -0.4 is 14.4 Å². The molecule has 5 rings (SSSR count). The minimum Gasteiger partial charge on any atom is -0.489 e. The summed E-state index contributed by atoms with van der Waals surface area (Å²) in [7, 11) is 1.47. The van der Waals surface area contributed by atoms with E-state index in [1.54, 1.807) is 0 Å². The van der Waals surface area contributed by atoms with E-state index >= 15 is 4.39 Å². The minimum absolute atomic E-state index is 0.0158. The summed E-state index contributed by atoms with van der Waals surface area (Å²) in [5, 5.41) is 19.0. The molecule has 39 heavy (non-hydrogen) atoms. The Morgan fingerprint density at radius 3 is 3.00 bits per heavy atom. The fourth-order valence-corrected chi connectivity index (χ4v) is 6.44. The van der Waals surface area contributed by atoms with Gasteiger partial charge in [-0.1, -0.05) is 11.6 Å². The van der Waals surface area contributed by atoms with Crippen LogP contribution in [0.25, 0.3) is 10.9 Å². The summed E-state index contributed by atoms with van der Waals surface area (Å²) in [5.41, 5.74) is -0.522. The van der Waals surface area contributed by atoms with Gasteiger partial charge in [0.05, 0.1) is 33.9 Å². The number of rotatable bonds is 8. The van der Waals surface area contributed by atoms with Crippen molar-refractivity contribution in [2.75, 3.05) is 51.3 Å². The molecular weight excluding hydrogens is 602 g/mol. The summed E-state index contributed by atoms with van der Waals surface area (Å²) >= 11 is 9.67. The standard InChI is InChI=1S/C25H28BrClF2N6O4/c1-33(24(36)37)7-3-9-35-15(4-6-30)12-38-21-16-20(19(29)17(26)18(21)27)31-23(32-22(16)35)39-13-25-5-2-8-34(25)11-14(28)10-25/h14-15H,2-5,7-13H2,1H3,(H,36,37)/t14-,15?,25+/m1/s1. The van der Waals surface area contributed by atoms with Gasteiger partial charge >= 0.3 is 12.1 Å². The number of anilines is 1. The third-order valence-corrected chi connectivity index (χ3v) is 9.13. The molecule has 1 amide bonds. The highest BCUT2D eigenvalue weighted by Crippen LogP contribution is 2.47. The summed E-state index contributed by atoms with van der Waals surface area (Å²) in [6.07, 6.45) is 0.567. The molecule has 0 radical (unpaired) electrons. The number of aromatic nitrogens is 2. The first-order valence-electron chi connectivity index (χ1n) is 12.8. The highest BCUT2D eigenvalue weighted by Gasteiger charge is 2.49. The Balaban J connectivity index is 1.56. The van der Waals surface area contributed by atoms with Gasteiger partial charge in [0.1, 0.15) is 35.7 Å². The fourth-order valence-electron chi connectivity index (χ4n) is 5.84. The Morgan fingerprint density at radius 1 is 1.46 bits per heavy atom. The van der Waals surface area contributed by atoms with Crippen molar-refractivity contribution in [1.82, 2.24) is 19.8 Å². The van der Waals surface area contributed by atoms with Crippen LogP contribution in [-0.2, 0) is 0 Å². The number of amides is 1. The molecule has 4 heterocycles. The molecule has 2 aromatic rings. The second kappa shape index (κ2) is 11.1. The number of hydrogen-bond acceptors (Lipinski definition) is 8. The van der Waals surface area contributed by atoms with Crippen LogP contribution in [-0.4, -0.2) is 95.2 Å². The van der Waals surface area contributed by atoms with Gasteiger partial charge in [-0.3, -0.25) is 4.90 Å². The molecule has 10 nitrogen and oxygen atoms in total. The number of ether oxygens (including phenoxy) is 2. The van der Waals surface area contributed by atoms with E-state index in [2.05, 4.69) is 36.9 Å². The lowest BCUT2D eigenvalue weighted by Gasteiger charge is -2.32. The maximum atomic E-state index is 15.6. The van der Waals surface area contributed by atoms with E-state index in [1.807, 2.05) is 4.90 Å². The summed E-state index contributed by atoms with van der Waals surface area (Å²) in [6, 6.07) is 1.60. The summed E-state index contributed by atoms with van der Waals surface area (Å²) in [5.74, 6) is -0.249. The molecule has 0 spiro atoms. The molecule has 1 N–H and O–H groups in total. The minimum atomic E-state index is -1.06. The molecule has 1 aromatic carbocycles. The highest BCUT2D eigenvalue weighted by molar-refractivity contribution is 9.10. The molecule has 0 aliphatic carbocycles. The molecule has 3 aliphatic heterocycles. The van der Waals surface area contributed by atoms with E-state index in [0.717, 1.165) is 24.3 Å². The van der Waals surface area contributed by atoms with Crippen LogP contribution in [0.4, 0.5) is 19.4 Å². The van der Waals surface area contributed by atoms with E-state index < -0.39 is 29.7 Å². The molecule has 0 bridgehead atoms. The topological polar surface area (TPSA) is 115 Å². The Bertz CT molecular complexity index is 1330. The van der Waals surface area contributed by atoms with Crippen LogP contribution in [0.2, 0.25) is 5.02 Å². The van der Waals surface area contributed by atoms with E-state index in [1.165, 1.54) is 7.05 Å². The molecule has 0 saturated carbocycles. The number of nitrogens with zero attached hydrogens (tertiary/aromatic N) is 6. The maximum absolute atomic E-state index is 15.6. The van der Waals surface area contributed by atoms with Gasteiger partial charge in [-0.2, -0.15) is 15.2 Å². The highest BCUT2D eigenvalue weighted by atomic mass is 79.9. The van der Waals surface area contributed by atoms with Crippen molar-refractivity contribution in [1.29, 1.82) is 5.26 Å². The van der Waals surface area contributed by atoms with Crippen LogP contribution in [0.1, 0.15) is 32.1 Å². The molecule has 1 unspecified atom stereocenters. The van der Waals surface area contributed by atoms with Gasteiger partial charge in [0.15, 0.2) is 11.6 Å². The summed E-state index contributed by atoms with van der Waals surface area (Å²) < 4.78 is 41.9. The van der Waals surface area contributed by atoms with E-state index in [9.17, 15) is 19.6 Å². The van der Waals surface area contributed by atoms with Crippen LogP contribution in [0.15, 0.2) is 4.47 Å². The number of hydrogen-bond donors (Lipinski definition) is 1. The first-order chi connectivity index (χ1) is 18.6. The van der Waals surface area contributed by atoms with E-state index in [0.29, 0.717) is 25.9 Å². The van der Waals surface area contributed by atoms with Gasteiger partial charge in [-0.05, 0) is 41.7 Å². The van der Waals surface area contributed by atoms with Crippen molar-refractivity contribution in [3.8, 4) is 17.8 Å². The van der Waals surface area contributed by atoms with Gasteiger partial charge in [-0.25, -0.2) is 13.6 Å². The SMILES string of the molecule is CN(CCCN1c2nc(OC[C@@]34CCCN3C[C@H](F)C4)nc3c(F)c(Br)c(Cl)c(c23)OCC1CC#N)C(=O)O. The lowest BCUT2D eigenvalue weighted by Crippen LogP contribution is -2.43. The van der Waals surface area contributed by atoms with Crippen LogP contribution in [0.5, 0.6) is 11.8 Å². The first-order valence-corrected chi connectivity index (χ1v) is 13.9. The molecule has 1 aromatic heterocycles. The van der Waals surface area contributed by atoms with Crippen LogP contribution in [0, 0.1) is 17.1 Å². The van der Waals surface area contributed by atoms with Crippen molar-refractivity contribution in [2.24, 2.45) is 0 Å². The average molecular weight is 630 g/mol. The molecule has 3 atom stereocenters. The lowest BCUT2D eigenvalue weighted by molar-refractivity contribution is 0.107. The quantitative estimate of drug-likeness (QED) is 0.418. The monoisotopic (exact) mass is 628 g/mol. The zero-order valence-corrected chi connectivity index (χ0v) is 23.6. The third-order valence-electron chi connectivity index (χ3n) is 7.80. The molecular formula is C25H28BrClF2N6O4. The largest absolute Gasteiger partial charge is 0.489 e. The lowest BCUT2D eigenvalue weighted by atomic mass is 9.95. The number of fused-ring (bicyclic) bond motifs is 1. The number of alkyl halides is 1. The van der Waals surface area contributed by atoms with Gasteiger partial charge in [0, 0.05) is 33.1 Å². The predicted octanol–water partition coefficient (Wildman–Crippen LogP) is 4.62. The molecule has 2 fully saturated rings. The number of benzene rings is 1. The van der Waals surface area contributed by atoms with Crippen LogP contribution >= 0.6 is 27.5 Å². The molecule has 210 valence electrons. The Kier molecular flexibility index (Phi) is 7.90. The number of carboxylic acid groups (broad SMARTS) is 1. The van der Waals surface area contributed by atoms with Gasteiger partial charge < -0.3 is 24.4 Å². The predicted molar refractivity (Wildman–Crippen MR) is 143 cm³/mol. The Hall–Kier alpha value is -2.69. The maximum Gasteiger partial charge on any atom is 0.407 e. The first kappa shape index (κ1) is 27.9. The number of nitriles is 1. The molecule has 3 aliphatic rings. The van der Waals surface area contributed by atoms with Crippen molar-refractivity contribution < 1.29 is 28.2 Å². The smallest absolute Gasteiger partial charge is 0.407 e. The van der Waals surface area contributed by atoms with Gasteiger partial charge in [0.25, 0.3) is 0 Å². The van der Waals surface area contributed by atoms with Crippen molar-refractivity contribution in [3.63, 3.8) is 0 Å². The van der Waals surface area contributed by atoms with Crippen LogP contribution in [0.3, 0.4) is 0 Å². The second-order valence-corrected chi connectivity index (χ2v) is 11.4. The zero-order valence-electron chi connectivity index (χ0n) is 21.3. The van der Waals surface area contributed by atoms with Gasteiger partial charge in [0.2, 0.25) is 0 Å². The third kappa shape index (κ3) is 5.14. The van der Waals surface area contributed by atoms with E-state index in [-0.39, 0.29) is 64.2 Å². The normalized spacial score (nSPS) is 24.3. The summed E-state index contributed by atoms with van der Waals surface area (Å²) in [6.45, 7) is 1.91. The Morgan fingerprint density at radius 2 is 2.26 bits per heavy atom. The van der Waals surface area contributed by atoms with E-state index in [4.69, 9.17) is 21.1 Å². The van der Waals surface area contributed by atoms with Gasteiger partial charge in [-0.15, -0.1) is 0 Å². The fraction of sp³-hybridized carbons (Fsp3) is 0.600. The number of carbonyl (C=O) groups is 1. The molecule has 2 saturated heterocycles.